The van der Waals surface area contributed by atoms with Gasteiger partial charge in [-0.15, -0.1) is 0 Å². The number of pyridine rings is 1. The molecule has 1 fully saturated rings. The summed E-state index contributed by atoms with van der Waals surface area (Å²) in [6.07, 6.45) is 0.457. The summed E-state index contributed by atoms with van der Waals surface area (Å²) in [6, 6.07) is 2.93. The molecule has 1 saturated carbocycles. The molecule has 2 atom stereocenters. The topological polar surface area (TPSA) is 96.5 Å². The highest BCUT2D eigenvalue weighted by molar-refractivity contribution is 7.89. The molecule has 1 aliphatic rings. The zero-order chi connectivity index (χ0) is 26.1. The van der Waals surface area contributed by atoms with Gasteiger partial charge in [-0.3, -0.25) is 4.98 Å². The third-order valence-corrected chi connectivity index (χ3v) is 8.11. The van der Waals surface area contributed by atoms with Crippen molar-refractivity contribution in [2.45, 2.75) is 49.3 Å². The summed E-state index contributed by atoms with van der Waals surface area (Å²) in [5.41, 5.74) is -1.82. The van der Waals surface area contributed by atoms with Gasteiger partial charge in [0, 0.05) is 31.0 Å². The van der Waals surface area contributed by atoms with Crippen molar-refractivity contribution in [2.24, 2.45) is 5.92 Å². The van der Waals surface area contributed by atoms with Gasteiger partial charge < -0.3 is 9.52 Å². The number of rotatable bonds is 7. The highest BCUT2D eigenvalue weighted by Crippen LogP contribution is 2.35. The number of alkyl halides is 3. The normalized spacial score (nSPS) is 19.1. The van der Waals surface area contributed by atoms with Crippen LogP contribution in [0.2, 0.25) is 0 Å². The Balaban J connectivity index is 1.75. The minimum atomic E-state index is -4.77. The van der Waals surface area contributed by atoms with Gasteiger partial charge in [0.2, 0.25) is 15.9 Å². The second-order valence-electron chi connectivity index (χ2n) is 8.46. The second kappa shape index (κ2) is 10.2. The van der Waals surface area contributed by atoms with Crippen molar-refractivity contribution in [2.75, 3.05) is 6.61 Å². The third-order valence-electron chi connectivity index (χ3n) is 6.26. The number of aromatic nitrogens is 2. The molecule has 0 bridgehead atoms. The summed E-state index contributed by atoms with van der Waals surface area (Å²) in [5.74, 6) is -3.25. The number of hydrogen-bond acceptors (Lipinski definition) is 6. The Labute approximate surface area is 203 Å². The van der Waals surface area contributed by atoms with Crippen molar-refractivity contribution < 1.29 is 39.9 Å². The summed E-state index contributed by atoms with van der Waals surface area (Å²) < 4.78 is 102. The molecule has 0 amide bonds. The highest BCUT2D eigenvalue weighted by Gasteiger charge is 2.39. The SMILES string of the molecule is O=S(=O)(c1ccc(C(F)(F)F)nc1)N(Cc1ccc(-c2ncco2)c(F)c1F)[C@@H]1CCCC[C@H]1CO. The van der Waals surface area contributed by atoms with E-state index >= 15 is 4.39 Å². The maximum Gasteiger partial charge on any atom is 0.433 e. The summed E-state index contributed by atoms with van der Waals surface area (Å²) in [5, 5.41) is 9.87. The number of aliphatic hydroxyl groups is 1. The molecule has 36 heavy (non-hydrogen) atoms. The van der Waals surface area contributed by atoms with Crippen molar-refractivity contribution in [1.29, 1.82) is 0 Å². The lowest BCUT2D eigenvalue weighted by atomic mass is 9.85. The van der Waals surface area contributed by atoms with Crippen molar-refractivity contribution in [3.05, 3.63) is 65.8 Å². The number of sulfonamides is 1. The van der Waals surface area contributed by atoms with Gasteiger partial charge in [0.25, 0.3) is 0 Å². The van der Waals surface area contributed by atoms with Gasteiger partial charge in [0.15, 0.2) is 11.6 Å². The highest BCUT2D eigenvalue weighted by atomic mass is 32.2. The first kappa shape index (κ1) is 26.2. The van der Waals surface area contributed by atoms with E-state index in [0.717, 1.165) is 16.8 Å². The number of aliphatic hydroxyl groups excluding tert-OH is 1. The number of halogens is 5. The molecule has 0 radical (unpaired) electrons. The standard InChI is InChI=1S/C23H22F5N3O4S/c24-20-14(5-7-17(21(20)25)22-29-9-10-35-22)12-31(18-4-2-1-3-15(18)13-32)36(33,34)16-6-8-19(30-11-16)23(26,27)28/h5-11,15,18,32H,1-4,12-13H2/t15-,18+/m0/s1. The van der Waals surface area contributed by atoms with E-state index < -0.39 is 56.9 Å². The molecule has 7 nitrogen and oxygen atoms in total. The summed E-state index contributed by atoms with van der Waals surface area (Å²) >= 11 is 0. The molecule has 4 rings (SSSR count). The van der Waals surface area contributed by atoms with Gasteiger partial charge >= 0.3 is 6.18 Å². The van der Waals surface area contributed by atoms with Crippen LogP contribution < -0.4 is 0 Å². The lowest BCUT2D eigenvalue weighted by Gasteiger charge is -2.38. The monoisotopic (exact) mass is 531 g/mol. The van der Waals surface area contributed by atoms with Crippen LogP contribution in [0.25, 0.3) is 11.5 Å². The summed E-state index contributed by atoms with van der Waals surface area (Å²) in [7, 11) is -4.51. The van der Waals surface area contributed by atoms with Crippen LogP contribution in [0.1, 0.15) is 36.9 Å². The van der Waals surface area contributed by atoms with Gasteiger partial charge in [0.05, 0.1) is 11.8 Å². The Morgan fingerprint density at radius 3 is 2.42 bits per heavy atom. The van der Waals surface area contributed by atoms with E-state index in [1.165, 1.54) is 24.6 Å². The van der Waals surface area contributed by atoms with Crippen LogP contribution in [0.4, 0.5) is 22.0 Å². The van der Waals surface area contributed by atoms with Crippen molar-refractivity contribution in [3.8, 4) is 11.5 Å². The van der Waals surface area contributed by atoms with Crippen molar-refractivity contribution in [3.63, 3.8) is 0 Å². The fraction of sp³-hybridized carbons (Fsp3) is 0.391. The van der Waals surface area contributed by atoms with Gasteiger partial charge in [0.1, 0.15) is 16.9 Å². The maximum atomic E-state index is 15.1. The van der Waals surface area contributed by atoms with Crippen molar-refractivity contribution in [1.82, 2.24) is 14.3 Å². The molecule has 1 N–H and O–H groups in total. The molecule has 1 aromatic carbocycles. The molecular weight excluding hydrogens is 509 g/mol. The summed E-state index contributed by atoms with van der Waals surface area (Å²) in [6.45, 7) is -0.957. The second-order valence-corrected chi connectivity index (χ2v) is 10.3. The smallest absolute Gasteiger partial charge is 0.433 e. The predicted molar refractivity (Wildman–Crippen MR) is 117 cm³/mol. The van der Waals surface area contributed by atoms with Gasteiger partial charge in [-0.05, 0) is 37.0 Å². The first-order chi connectivity index (χ1) is 17.0. The Morgan fingerprint density at radius 2 is 1.81 bits per heavy atom. The molecule has 194 valence electrons. The van der Waals surface area contributed by atoms with E-state index in [2.05, 4.69) is 9.97 Å². The Kier molecular flexibility index (Phi) is 7.43. The maximum absolute atomic E-state index is 15.1. The van der Waals surface area contributed by atoms with Gasteiger partial charge in [-0.1, -0.05) is 18.9 Å². The van der Waals surface area contributed by atoms with E-state index in [1.807, 2.05) is 0 Å². The lowest BCUT2D eigenvalue weighted by molar-refractivity contribution is -0.141. The molecule has 2 aromatic heterocycles. The number of nitrogens with zero attached hydrogens (tertiary/aromatic N) is 3. The van der Waals surface area contributed by atoms with Crippen LogP contribution in [0, 0.1) is 17.6 Å². The van der Waals surface area contributed by atoms with Crippen LogP contribution >= 0.6 is 0 Å². The fourth-order valence-corrected chi connectivity index (χ4v) is 6.04. The molecule has 0 spiro atoms. The largest absolute Gasteiger partial charge is 0.444 e. The molecule has 0 saturated heterocycles. The molecule has 1 aliphatic carbocycles. The van der Waals surface area contributed by atoms with Crippen LogP contribution in [-0.4, -0.2) is 40.4 Å². The molecule has 3 aromatic rings. The van der Waals surface area contributed by atoms with Crippen LogP contribution in [-0.2, 0) is 22.7 Å². The number of benzene rings is 1. The molecule has 0 aliphatic heterocycles. The average Bonchev–Trinajstić information content (AvgIpc) is 3.39. The minimum absolute atomic E-state index is 0.161. The van der Waals surface area contributed by atoms with E-state index in [9.17, 15) is 31.1 Å². The first-order valence-corrected chi connectivity index (χ1v) is 12.5. The quantitative estimate of drug-likeness (QED) is 0.441. The zero-order valence-corrected chi connectivity index (χ0v) is 19.6. The van der Waals surface area contributed by atoms with E-state index in [-0.39, 0.29) is 23.6 Å². The number of oxazole rings is 1. The molecule has 0 unspecified atom stereocenters. The number of hydrogen-bond donors (Lipinski definition) is 1. The predicted octanol–water partition coefficient (Wildman–Crippen LogP) is 4.78. The van der Waals surface area contributed by atoms with Crippen LogP contribution in [0.15, 0.2) is 52.2 Å². The fourth-order valence-electron chi connectivity index (χ4n) is 4.40. The zero-order valence-electron chi connectivity index (χ0n) is 18.8. The van der Waals surface area contributed by atoms with Gasteiger partial charge in [-0.2, -0.15) is 17.5 Å². The first-order valence-electron chi connectivity index (χ1n) is 11.1. The third kappa shape index (κ3) is 5.13. The Hall–Kier alpha value is -2.90. The average molecular weight is 532 g/mol. The van der Waals surface area contributed by atoms with Crippen LogP contribution in [0.5, 0.6) is 0 Å². The summed E-state index contributed by atoms with van der Waals surface area (Å²) in [4.78, 5) is 6.48. The Morgan fingerprint density at radius 1 is 1.06 bits per heavy atom. The molecule has 13 heteroatoms. The molecular formula is C23H22F5N3O4S. The lowest BCUT2D eigenvalue weighted by Crippen LogP contribution is -2.46. The minimum Gasteiger partial charge on any atom is -0.444 e. The van der Waals surface area contributed by atoms with Crippen molar-refractivity contribution >= 4 is 10.0 Å². The van der Waals surface area contributed by atoms with E-state index in [4.69, 9.17) is 4.42 Å². The van der Waals surface area contributed by atoms with E-state index in [1.54, 1.807) is 0 Å². The Bertz CT molecular complexity index is 1300. The van der Waals surface area contributed by atoms with E-state index in [0.29, 0.717) is 31.5 Å². The molecule has 2 heterocycles. The van der Waals surface area contributed by atoms with Gasteiger partial charge in [-0.25, -0.2) is 22.2 Å². The van der Waals surface area contributed by atoms with Crippen LogP contribution in [0.3, 0.4) is 0 Å².